The predicted octanol–water partition coefficient (Wildman–Crippen LogP) is 3.39. The van der Waals surface area contributed by atoms with E-state index in [4.69, 9.17) is 0 Å². The number of anilines is 1. The largest absolute Gasteiger partial charge is 0.478 e. The Balaban J connectivity index is 2.36. The fraction of sp³-hybridized carbons (Fsp3) is 0.125. The maximum atomic E-state index is 13.8. The van der Waals surface area contributed by atoms with E-state index in [9.17, 15) is 19.1 Å². The van der Waals surface area contributed by atoms with Crippen LogP contribution in [0, 0.1) is 19.7 Å². The third kappa shape index (κ3) is 3.08. The van der Waals surface area contributed by atoms with Crippen molar-refractivity contribution in [2.24, 2.45) is 0 Å². The maximum Gasteiger partial charge on any atom is 0.338 e. The number of hydrogen-bond acceptors (Lipinski definition) is 2. The summed E-state index contributed by atoms with van der Waals surface area (Å²) in [5.41, 5.74) is 1.24. The number of rotatable bonds is 3. The van der Waals surface area contributed by atoms with Gasteiger partial charge in [0.25, 0.3) is 5.91 Å². The van der Waals surface area contributed by atoms with Gasteiger partial charge in [-0.15, -0.1) is 0 Å². The zero-order chi connectivity index (χ0) is 15.6. The molecule has 2 rings (SSSR count). The smallest absolute Gasteiger partial charge is 0.338 e. The quantitative estimate of drug-likeness (QED) is 0.909. The SMILES string of the molecule is Cc1ccc(C(=O)Nc2cccc(C)c2C(=O)O)c(F)c1. The molecule has 0 unspecified atom stereocenters. The highest BCUT2D eigenvalue weighted by Crippen LogP contribution is 2.21. The number of hydrogen-bond donors (Lipinski definition) is 2. The van der Waals surface area contributed by atoms with Gasteiger partial charge in [0.05, 0.1) is 16.8 Å². The van der Waals surface area contributed by atoms with Crippen molar-refractivity contribution in [1.29, 1.82) is 0 Å². The molecule has 0 aliphatic carbocycles. The fourth-order valence-corrected chi connectivity index (χ4v) is 2.05. The van der Waals surface area contributed by atoms with E-state index in [1.807, 2.05) is 0 Å². The molecule has 0 aliphatic heterocycles. The van der Waals surface area contributed by atoms with Crippen LogP contribution in [0.5, 0.6) is 0 Å². The lowest BCUT2D eigenvalue weighted by Gasteiger charge is -2.11. The third-order valence-electron chi connectivity index (χ3n) is 3.10. The molecule has 21 heavy (non-hydrogen) atoms. The Morgan fingerprint density at radius 2 is 1.86 bits per heavy atom. The molecular weight excluding hydrogens is 273 g/mol. The number of carbonyl (C=O) groups excluding carboxylic acids is 1. The highest BCUT2D eigenvalue weighted by atomic mass is 19.1. The van der Waals surface area contributed by atoms with E-state index in [-0.39, 0.29) is 16.8 Å². The van der Waals surface area contributed by atoms with Crippen LogP contribution < -0.4 is 5.32 Å². The molecule has 0 radical (unpaired) electrons. The minimum absolute atomic E-state index is 0.00151. The van der Waals surface area contributed by atoms with Gasteiger partial charge in [-0.2, -0.15) is 0 Å². The van der Waals surface area contributed by atoms with Crippen LogP contribution in [0.3, 0.4) is 0 Å². The summed E-state index contributed by atoms with van der Waals surface area (Å²) in [4.78, 5) is 23.3. The van der Waals surface area contributed by atoms with Crippen molar-refractivity contribution in [3.05, 3.63) is 64.5 Å². The van der Waals surface area contributed by atoms with Crippen molar-refractivity contribution in [2.75, 3.05) is 5.32 Å². The molecule has 108 valence electrons. The van der Waals surface area contributed by atoms with E-state index < -0.39 is 17.7 Å². The van der Waals surface area contributed by atoms with Gasteiger partial charge < -0.3 is 10.4 Å². The van der Waals surface area contributed by atoms with Crippen LogP contribution in [-0.4, -0.2) is 17.0 Å². The number of aromatic carboxylic acids is 1. The molecule has 0 saturated carbocycles. The minimum Gasteiger partial charge on any atom is -0.478 e. The summed E-state index contributed by atoms with van der Waals surface area (Å²) in [7, 11) is 0. The van der Waals surface area contributed by atoms with Crippen LogP contribution in [0.25, 0.3) is 0 Å². The number of nitrogens with one attached hydrogen (secondary N) is 1. The van der Waals surface area contributed by atoms with E-state index in [2.05, 4.69) is 5.32 Å². The summed E-state index contributed by atoms with van der Waals surface area (Å²) in [6, 6.07) is 8.97. The average molecular weight is 287 g/mol. The monoisotopic (exact) mass is 287 g/mol. The number of halogens is 1. The number of aryl methyl sites for hydroxylation is 2. The van der Waals surface area contributed by atoms with Gasteiger partial charge in [-0.05, 0) is 43.2 Å². The van der Waals surface area contributed by atoms with Gasteiger partial charge in [0, 0.05) is 0 Å². The van der Waals surface area contributed by atoms with Crippen molar-refractivity contribution in [2.45, 2.75) is 13.8 Å². The second-order valence-corrected chi connectivity index (χ2v) is 4.74. The number of benzene rings is 2. The molecule has 0 atom stereocenters. The van der Waals surface area contributed by atoms with E-state index in [0.29, 0.717) is 11.1 Å². The minimum atomic E-state index is -1.15. The van der Waals surface area contributed by atoms with Gasteiger partial charge in [-0.1, -0.05) is 18.2 Å². The van der Waals surface area contributed by atoms with E-state index in [1.54, 1.807) is 32.0 Å². The molecule has 0 fully saturated rings. The first-order chi connectivity index (χ1) is 9.90. The molecule has 0 saturated heterocycles. The van der Waals surface area contributed by atoms with Crippen molar-refractivity contribution in [3.63, 3.8) is 0 Å². The van der Waals surface area contributed by atoms with Crippen molar-refractivity contribution in [3.8, 4) is 0 Å². The molecule has 5 heteroatoms. The van der Waals surface area contributed by atoms with Crippen LogP contribution in [0.15, 0.2) is 36.4 Å². The molecule has 0 heterocycles. The zero-order valence-corrected chi connectivity index (χ0v) is 11.6. The molecule has 2 aromatic carbocycles. The normalized spacial score (nSPS) is 10.2. The number of carboxylic acid groups (broad SMARTS) is 1. The Morgan fingerprint density at radius 1 is 1.14 bits per heavy atom. The molecule has 1 amide bonds. The Labute approximate surface area is 121 Å². The van der Waals surface area contributed by atoms with Gasteiger partial charge in [0.1, 0.15) is 5.82 Å². The lowest BCUT2D eigenvalue weighted by molar-refractivity contribution is 0.0697. The van der Waals surface area contributed by atoms with Gasteiger partial charge in [0.15, 0.2) is 0 Å². The number of carbonyl (C=O) groups is 2. The van der Waals surface area contributed by atoms with Crippen molar-refractivity contribution in [1.82, 2.24) is 0 Å². The second kappa shape index (κ2) is 5.75. The Bertz CT molecular complexity index is 725. The summed E-state index contributed by atoms with van der Waals surface area (Å²) in [5.74, 6) is -2.47. The van der Waals surface area contributed by atoms with E-state index >= 15 is 0 Å². The number of carboxylic acids is 1. The first-order valence-electron chi connectivity index (χ1n) is 6.30. The molecule has 0 aliphatic rings. The van der Waals surface area contributed by atoms with Gasteiger partial charge >= 0.3 is 5.97 Å². The Kier molecular flexibility index (Phi) is 4.03. The first kappa shape index (κ1) is 14.7. The summed E-state index contributed by atoms with van der Waals surface area (Å²) in [6.45, 7) is 3.35. The van der Waals surface area contributed by atoms with Gasteiger partial charge in [0.2, 0.25) is 0 Å². The summed E-state index contributed by atoms with van der Waals surface area (Å²) < 4.78 is 13.8. The Hall–Kier alpha value is -2.69. The topological polar surface area (TPSA) is 66.4 Å². The highest BCUT2D eigenvalue weighted by molar-refractivity contribution is 6.08. The molecule has 2 aromatic rings. The third-order valence-corrected chi connectivity index (χ3v) is 3.10. The molecule has 4 nitrogen and oxygen atoms in total. The summed E-state index contributed by atoms with van der Waals surface area (Å²) in [5, 5.41) is 11.6. The van der Waals surface area contributed by atoms with Crippen molar-refractivity contribution >= 4 is 17.6 Å². The summed E-state index contributed by atoms with van der Waals surface area (Å²) in [6.07, 6.45) is 0. The second-order valence-electron chi connectivity index (χ2n) is 4.74. The fourth-order valence-electron chi connectivity index (χ4n) is 2.05. The number of amides is 1. The summed E-state index contributed by atoms with van der Waals surface area (Å²) >= 11 is 0. The van der Waals surface area contributed by atoms with Crippen LogP contribution in [0.2, 0.25) is 0 Å². The van der Waals surface area contributed by atoms with Gasteiger partial charge in [-0.25, -0.2) is 9.18 Å². The highest BCUT2D eigenvalue weighted by Gasteiger charge is 2.17. The zero-order valence-electron chi connectivity index (χ0n) is 11.6. The van der Waals surface area contributed by atoms with E-state index in [1.165, 1.54) is 18.2 Å². The van der Waals surface area contributed by atoms with Crippen LogP contribution >= 0.6 is 0 Å². The van der Waals surface area contributed by atoms with Crippen LogP contribution in [0.1, 0.15) is 31.8 Å². The lowest BCUT2D eigenvalue weighted by Crippen LogP contribution is -2.17. The molecule has 0 aromatic heterocycles. The van der Waals surface area contributed by atoms with E-state index in [0.717, 1.165) is 0 Å². The average Bonchev–Trinajstić information content (AvgIpc) is 2.37. The first-order valence-corrected chi connectivity index (χ1v) is 6.30. The molecular formula is C16H14FNO3. The molecule has 0 bridgehead atoms. The Morgan fingerprint density at radius 3 is 2.48 bits per heavy atom. The van der Waals surface area contributed by atoms with Crippen LogP contribution in [0.4, 0.5) is 10.1 Å². The van der Waals surface area contributed by atoms with Gasteiger partial charge in [-0.3, -0.25) is 4.79 Å². The van der Waals surface area contributed by atoms with Crippen molar-refractivity contribution < 1.29 is 19.1 Å². The predicted molar refractivity (Wildman–Crippen MR) is 77.2 cm³/mol. The lowest BCUT2D eigenvalue weighted by atomic mass is 10.1. The maximum absolute atomic E-state index is 13.8. The van der Waals surface area contributed by atoms with Crippen LogP contribution in [-0.2, 0) is 0 Å². The molecule has 0 spiro atoms. The standard InChI is InChI=1S/C16H14FNO3/c1-9-6-7-11(12(17)8-9)15(19)18-13-5-3-4-10(2)14(13)16(20)21/h3-8H,1-2H3,(H,18,19)(H,20,21). The molecule has 2 N–H and O–H groups in total.